The first-order chi connectivity index (χ1) is 9.92. The molecule has 1 heterocycles. The number of halogens is 2. The summed E-state index contributed by atoms with van der Waals surface area (Å²) in [6.45, 7) is 0.0117. The maximum atomic E-state index is 12.2. The molecule has 8 heteroatoms. The van der Waals surface area contributed by atoms with Gasteiger partial charge in [-0.1, -0.05) is 11.6 Å². The number of benzene rings is 1. The summed E-state index contributed by atoms with van der Waals surface area (Å²) in [5, 5.41) is 9.48. The molecule has 1 aromatic heterocycles. The van der Waals surface area contributed by atoms with Gasteiger partial charge in [0.1, 0.15) is 0 Å². The van der Waals surface area contributed by atoms with Crippen LogP contribution in [0.25, 0.3) is 0 Å². The van der Waals surface area contributed by atoms with Crippen LogP contribution in [-0.2, 0) is 23.1 Å². The van der Waals surface area contributed by atoms with Crippen molar-refractivity contribution in [1.82, 2.24) is 4.72 Å². The molecule has 0 atom stereocenters. The van der Waals surface area contributed by atoms with Gasteiger partial charge in [-0.05, 0) is 58.2 Å². The largest absolute Gasteiger partial charge is 0.392 e. The van der Waals surface area contributed by atoms with Crippen LogP contribution in [0.5, 0.6) is 0 Å². The predicted molar refractivity (Wildman–Crippen MR) is 88.3 cm³/mol. The van der Waals surface area contributed by atoms with Gasteiger partial charge in [0.2, 0.25) is 10.0 Å². The Bertz CT molecular complexity index is 731. The summed E-state index contributed by atoms with van der Waals surface area (Å²) < 4.78 is 27.9. The highest BCUT2D eigenvalue weighted by Gasteiger charge is 2.15. The van der Waals surface area contributed by atoms with Gasteiger partial charge in [-0.25, -0.2) is 13.1 Å². The highest BCUT2D eigenvalue weighted by atomic mass is 79.9. The van der Waals surface area contributed by atoms with Crippen LogP contribution in [0, 0.1) is 0 Å². The third kappa shape index (κ3) is 4.51. The lowest BCUT2D eigenvalue weighted by molar-refractivity contribution is 0.281. The molecule has 0 unspecified atom stereocenters. The van der Waals surface area contributed by atoms with Crippen LogP contribution >= 0.6 is 38.9 Å². The summed E-state index contributed by atoms with van der Waals surface area (Å²) in [7, 11) is -3.60. The van der Waals surface area contributed by atoms with Gasteiger partial charge in [0, 0.05) is 16.4 Å². The molecule has 0 aliphatic rings. The first kappa shape index (κ1) is 16.9. The molecule has 21 heavy (non-hydrogen) atoms. The van der Waals surface area contributed by atoms with Crippen LogP contribution in [0.2, 0.25) is 5.02 Å². The second-order valence-corrected chi connectivity index (χ2v) is 8.99. The standard InChI is InChI=1S/C13H13BrClNO3S2/c14-13-4-1-10(20-13)5-6-16-21(18,19)11-2-3-12(15)9(7-11)8-17/h1-4,7,16-17H,5-6,8H2. The molecule has 114 valence electrons. The third-order valence-corrected chi connectivity index (χ3v) is 6.30. The van der Waals surface area contributed by atoms with E-state index in [0.717, 1.165) is 8.66 Å². The van der Waals surface area contributed by atoms with E-state index < -0.39 is 10.0 Å². The fraction of sp³-hybridized carbons (Fsp3) is 0.231. The van der Waals surface area contributed by atoms with Crippen molar-refractivity contribution in [3.05, 3.63) is 49.6 Å². The smallest absolute Gasteiger partial charge is 0.240 e. The normalized spacial score (nSPS) is 11.8. The molecule has 2 aromatic rings. The first-order valence-electron chi connectivity index (χ1n) is 6.05. The Balaban J connectivity index is 2.04. The Morgan fingerprint density at radius 2 is 2.05 bits per heavy atom. The first-order valence-corrected chi connectivity index (χ1v) is 9.52. The molecule has 0 spiro atoms. The van der Waals surface area contributed by atoms with E-state index in [0.29, 0.717) is 23.6 Å². The van der Waals surface area contributed by atoms with Crippen molar-refractivity contribution < 1.29 is 13.5 Å². The second-order valence-electron chi connectivity index (χ2n) is 4.26. The van der Waals surface area contributed by atoms with E-state index >= 15 is 0 Å². The number of aliphatic hydroxyl groups is 1. The van der Waals surface area contributed by atoms with E-state index in [2.05, 4.69) is 20.7 Å². The molecule has 0 amide bonds. The van der Waals surface area contributed by atoms with Crippen LogP contribution in [0.4, 0.5) is 0 Å². The lowest BCUT2D eigenvalue weighted by Crippen LogP contribution is -2.26. The van der Waals surface area contributed by atoms with Gasteiger partial charge in [-0.2, -0.15) is 0 Å². The quantitative estimate of drug-likeness (QED) is 0.768. The minimum atomic E-state index is -3.60. The number of aliphatic hydroxyl groups excluding tert-OH is 1. The third-order valence-electron chi connectivity index (χ3n) is 2.79. The molecule has 0 aliphatic heterocycles. The molecule has 2 rings (SSSR count). The minimum Gasteiger partial charge on any atom is -0.392 e. The Hall–Kier alpha value is -0.440. The van der Waals surface area contributed by atoms with Gasteiger partial charge < -0.3 is 5.11 Å². The fourth-order valence-corrected chi connectivity index (χ4v) is 4.46. The summed E-state index contributed by atoms with van der Waals surface area (Å²) in [4.78, 5) is 1.19. The van der Waals surface area contributed by atoms with Crippen molar-refractivity contribution in [3.63, 3.8) is 0 Å². The minimum absolute atomic E-state index is 0.100. The van der Waals surface area contributed by atoms with E-state index in [9.17, 15) is 8.42 Å². The van der Waals surface area contributed by atoms with E-state index in [4.69, 9.17) is 16.7 Å². The average molecular weight is 411 g/mol. The lowest BCUT2D eigenvalue weighted by atomic mass is 10.2. The number of rotatable bonds is 6. The zero-order chi connectivity index (χ0) is 15.5. The molecule has 0 bridgehead atoms. The summed E-state index contributed by atoms with van der Waals surface area (Å²) in [6.07, 6.45) is 0.621. The van der Waals surface area contributed by atoms with Crippen molar-refractivity contribution in [1.29, 1.82) is 0 Å². The Labute approximate surface area is 140 Å². The summed E-state index contributed by atoms with van der Waals surface area (Å²) >= 11 is 10.8. The van der Waals surface area contributed by atoms with Crippen LogP contribution < -0.4 is 4.72 Å². The van der Waals surface area contributed by atoms with E-state index in [1.807, 2.05) is 12.1 Å². The second kappa shape index (κ2) is 7.21. The van der Waals surface area contributed by atoms with Gasteiger partial charge in [0.05, 0.1) is 15.3 Å². The maximum Gasteiger partial charge on any atom is 0.240 e. The molecule has 0 saturated carbocycles. The topological polar surface area (TPSA) is 66.4 Å². The van der Waals surface area contributed by atoms with Crippen molar-refractivity contribution in [2.24, 2.45) is 0 Å². The van der Waals surface area contributed by atoms with E-state index in [1.54, 1.807) is 11.3 Å². The van der Waals surface area contributed by atoms with Crippen molar-refractivity contribution in [2.45, 2.75) is 17.9 Å². The van der Waals surface area contributed by atoms with Crippen molar-refractivity contribution >= 4 is 48.9 Å². The molecule has 4 nitrogen and oxygen atoms in total. The molecule has 0 fully saturated rings. The number of nitrogens with one attached hydrogen (secondary N) is 1. The van der Waals surface area contributed by atoms with Crippen molar-refractivity contribution in [3.8, 4) is 0 Å². The average Bonchev–Trinajstić information content (AvgIpc) is 2.84. The fourth-order valence-electron chi connectivity index (χ4n) is 1.72. The Kier molecular flexibility index (Phi) is 5.81. The molecule has 0 radical (unpaired) electrons. The molecular weight excluding hydrogens is 398 g/mol. The summed E-state index contributed by atoms with van der Waals surface area (Å²) in [5.41, 5.74) is 0.390. The van der Waals surface area contributed by atoms with Crippen LogP contribution in [0.3, 0.4) is 0 Å². The highest BCUT2D eigenvalue weighted by molar-refractivity contribution is 9.11. The van der Waals surface area contributed by atoms with Crippen LogP contribution in [0.15, 0.2) is 39.0 Å². The van der Waals surface area contributed by atoms with Gasteiger partial charge in [-0.15, -0.1) is 11.3 Å². The lowest BCUT2D eigenvalue weighted by Gasteiger charge is -2.08. The molecular formula is C13H13BrClNO3S2. The van der Waals surface area contributed by atoms with Gasteiger partial charge in [0.25, 0.3) is 0 Å². The van der Waals surface area contributed by atoms with Crippen molar-refractivity contribution in [2.75, 3.05) is 6.54 Å². The van der Waals surface area contributed by atoms with Crippen LogP contribution in [0.1, 0.15) is 10.4 Å². The monoisotopic (exact) mass is 409 g/mol. The van der Waals surface area contributed by atoms with Gasteiger partial charge in [0.15, 0.2) is 0 Å². The highest BCUT2D eigenvalue weighted by Crippen LogP contribution is 2.23. The number of hydrogen-bond donors (Lipinski definition) is 2. The molecule has 0 saturated heterocycles. The SMILES string of the molecule is O=S(=O)(NCCc1ccc(Br)s1)c1ccc(Cl)c(CO)c1. The molecule has 1 aromatic carbocycles. The number of hydrogen-bond acceptors (Lipinski definition) is 4. The Morgan fingerprint density at radius 3 is 2.67 bits per heavy atom. The zero-order valence-corrected chi connectivity index (χ0v) is 14.8. The maximum absolute atomic E-state index is 12.2. The Morgan fingerprint density at radius 1 is 1.29 bits per heavy atom. The summed E-state index contributed by atoms with van der Waals surface area (Å²) in [5.74, 6) is 0. The van der Waals surface area contributed by atoms with E-state index in [-0.39, 0.29) is 11.5 Å². The van der Waals surface area contributed by atoms with Gasteiger partial charge in [-0.3, -0.25) is 0 Å². The number of sulfonamides is 1. The van der Waals surface area contributed by atoms with Gasteiger partial charge >= 0.3 is 0 Å². The zero-order valence-electron chi connectivity index (χ0n) is 10.8. The molecule has 0 aliphatic carbocycles. The summed E-state index contributed by atoms with van der Waals surface area (Å²) in [6, 6.07) is 8.16. The molecule has 2 N–H and O–H groups in total. The number of thiophene rings is 1. The predicted octanol–water partition coefficient (Wildman–Crippen LogP) is 3.18. The van der Waals surface area contributed by atoms with E-state index in [1.165, 1.54) is 18.2 Å². The van der Waals surface area contributed by atoms with Crippen LogP contribution in [-0.4, -0.2) is 20.1 Å².